The molecule has 1 atom stereocenters. The fraction of sp³-hybridized carbons (Fsp3) is 0.833. The van der Waals surface area contributed by atoms with E-state index in [0.717, 1.165) is 32.3 Å². The highest BCUT2D eigenvalue weighted by Gasteiger charge is 2.08. The molecule has 5 nitrogen and oxygen atoms in total. The number of nitrogens with zero attached hydrogens (tertiary/aromatic N) is 2. The third-order valence-electron chi connectivity index (χ3n) is 2.36. The molecule has 0 aliphatic carbocycles. The molecule has 17 heavy (non-hydrogen) atoms. The lowest BCUT2D eigenvalue weighted by Gasteiger charge is -2.13. The van der Waals surface area contributed by atoms with Crippen LogP contribution < -0.4 is 0 Å². The maximum atomic E-state index is 10.1. The van der Waals surface area contributed by atoms with E-state index in [-0.39, 0.29) is 5.92 Å². The molecule has 0 fully saturated rings. The van der Waals surface area contributed by atoms with Crippen molar-refractivity contribution in [2.45, 2.75) is 32.6 Å². The van der Waals surface area contributed by atoms with Gasteiger partial charge in [-0.3, -0.25) is 0 Å². The van der Waals surface area contributed by atoms with E-state index in [1.165, 1.54) is 12.2 Å². The molecule has 0 saturated carbocycles. The number of hydrogen-bond donors (Lipinski definition) is 0. The Hall–Kier alpha value is -1.28. The molecule has 0 N–H and O–H groups in total. The largest absolute Gasteiger partial charge is 0.381 e. The molecule has 96 valence electrons. The summed E-state index contributed by atoms with van der Waals surface area (Å²) >= 11 is 0. The van der Waals surface area contributed by atoms with Crippen molar-refractivity contribution in [3.63, 3.8) is 0 Å². The summed E-state index contributed by atoms with van der Waals surface area (Å²) in [5, 5.41) is 0. The van der Waals surface area contributed by atoms with Crippen LogP contribution in [0.5, 0.6) is 0 Å². The summed E-state index contributed by atoms with van der Waals surface area (Å²) in [6, 6.07) is 0. The van der Waals surface area contributed by atoms with Crippen LogP contribution in [0.25, 0.3) is 0 Å². The van der Waals surface area contributed by atoms with Gasteiger partial charge < -0.3 is 4.74 Å². The van der Waals surface area contributed by atoms with Gasteiger partial charge in [-0.2, -0.15) is 0 Å². The van der Waals surface area contributed by atoms with Gasteiger partial charge in [0.25, 0.3) is 0 Å². The number of carbonyl (C=O) groups excluding carboxylic acids is 2. The molecular weight excluding hydrogens is 220 g/mol. The Kier molecular flexibility index (Phi) is 11.8. The van der Waals surface area contributed by atoms with Crippen LogP contribution in [0.3, 0.4) is 0 Å². The molecule has 5 heteroatoms. The van der Waals surface area contributed by atoms with E-state index in [9.17, 15) is 9.59 Å². The number of ether oxygens (including phenoxy) is 1. The minimum absolute atomic E-state index is 0.204. The van der Waals surface area contributed by atoms with Crippen LogP contribution in [0.1, 0.15) is 32.6 Å². The van der Waals surface area contributed by atoms with Crippen LogP contribution in [0.15, 0.2) is 9.98 Å². The third-order valence-corrected chi connectivity index (χ3v) is 2.36. The normalized spacial score (nSPS) is 11.4. The number of aliphatic imine (C=N–C) groups is 2. The lowest BCUT2D eigenvalue weighted by molar-refractivity contribution is 0.0962. The molecule has 0 amide bonds. The maximum Gasteiger partial charge on any atom is 0.234 e. The van der Waals surface area contributed by atoms with E-state index in [2.05, 4.69) is 16.9 Å². The second-order valence-corrected chi connectivity index (χ2v) is 3.84. The molecule has 0 aromatic carbocycles. The van der Waals surface area contributed by atoms with Crippen molar-refractivity contribution in [2.24, 2.45) is 15.9 Å². The first-order chi connectivity index (χ1) is 8.35. The Labute approximate surface area is 102 Å². The van der Waals surface area contributed by atoms with Crippen LogP contribution >= 0.6 is 0 Å². The van der Waals surface area contributed by atoms with Crippen molar-refractivity contribution in [3.05, 3.63) is 0 Å². The smallest absolute Gasteiger partial charge is 0.234 e. The maximum absolute atomic E-state index is 10.1. The Balaban J connectivity index is 3.78. The second-order valence-electron chi connectivity index (χ2n) is 3.84. The minimum atomic E-state index is 0.204. The third kappa shape index (κ3) is 11.0. The van der Waals surface area contributed by atoms with Crippen LogP contribution in [-0.4, -0.2) is 38.5 Å². The van der Waals surface area contributed by atoms with Gasteiger partial charge in [0.2, 0.25) is 12.2 Å². The minimum Gasteiger partial charge on any atom is -0.381 e. The molecule has 0 aromatic heterocycles. The van der Waals surface area contributed by atoms with Gasteiger partial charge in [-0.1, -0.05) is 13.3 Å². The summed E-state index contributed by atoms with van der Waals surface area (Å²) < 4.78 is 5.49. The van der Waals surface area contributed by atoms with E-state index in [1.54, 1.807) is 0 Å². The fourth-order valence-electron chi connectivity index (χ4n) is 1.39. The summed E-state index contributed by atoms with van der Waals surface area (Å²) in [5.74, 6) is 0.204. The number of rotatable bonds is 11. The van der Waals surface area contributed by atoms with Gasteiger partial charge in [0.05, 0.1) is 19.7 Å². The molecule has 0 aliphatic rings. The van der Waals surface area contributed by atoms with E-state index >= 15 is 0 Å². The van der Waals surface area contributed by atoms with Crippen LogP contribution in [0, 0.1) is 5.92 Å². The van der Waals surface area contributed by atoms with Gasteiger partial charge in [0.15, 0.2) is 0 Å². The second kappa shape index (κ2) is 12.8. The van der Waals surface area contributed by atoms with Crippen LogP contribution in [0.2, 0.25) is 0 Å². The standard InChI is InChI=1S/C12H20N2O3/c1-2-3-7-17-9-12(8-14-11-16)5-4-6-13-10-15/h12H,2-9H2,1H3. The van der Waals surface area contributed by atoms with Crippen molar-refractivity contribution < 1.29 is 14.3 Å². The zero-order valence-electron chi connectivity index (χ0n) is 10.4. The molecule has 1 unspecified atom stereocenters. The molecule has 0 bridgehead atoms. The Morgan fingerprint density at radius 2 is 1.94 bits per heavy atom. The molecule has 0 rings (SSSR count). The van der Waals surface area contributed by atoms with E-state index in [1.807, 2.05) is 0 Å². The number of isocyanates is 2. The summed E-state index contributed by atoms with van der Waals surface area (Å²) in [7, 11) is 0. The average Bonchev–Trinajstić information content (AvgIpc) is 2.35. The summed E-state index contributed by atoms with van der Waals surface area (Å²) in [5.41, 5.74) is 0. The Morgan fingerprint density at radius 3 is 2.59 bits per heavy atom. The van der Waals surface area contributed by atoms with E-state index in [4.69, 9.17) is 4.74 Å². The first kappa shape index (κ1) is 15.7. The van der Waals surface area contributed by atoms with Crippen LogP contribution in [0.4, 0.5) is 0 Å². The van der Waals surface area contributed by atoms with Crippen molar-refractivity contribution >= 4 is 12.2 Å². The van der Waals surface area contributed by atoms with Gasteiger partial charge >= 0.3 is 0 Å². The van der Waals surface area contributed by atoms with Crippen LogP contribution in [-0.2, 0) is 14.3 Å². The summed E-state index contributed by atoms with van der Waals surface area (Å²) in [4.78, 5) is 27.0. The average molecular weight is 240 g/mol. The monoisotopic (exact) mass is 240 g/mol. The molecule has 0 saturated heterocycles. The predicted molar refractivity (Wildman–Crippen MR) is 64.4 cm³/mol. The molecule has 0 spiro atoms. The highest BCUT2D eigenvalue weighted by Crippen LogP contribution is 2.08. The molecule has 0 heterocycles. The van der Waals surface area contributed by atoms with Gasteiger partial charge in [-0.15, -0.1) is 0 Å². The van der Waals surface area contributed by atoms with Crippen molar-refractivity contribution in [1.82, 2.24) is 0 Å². The first-order valence-corrected chi connectivity index (χ1v) is 6.00. The molecule has 0 radical (unpaired) electrons. The quantitative estimate of drug-likeness (QED) is 0.314. The van der Waals surface area contributed by atoms with Crippen molar-refractivity contribution in [2.75, 3.05) is 26.3 Å². The van der Waals surface area contributed by atoms with E-state index in [0.29, 0.717) is 19.7 Å². The first-order valence-electron chi connectivity index (χ1n) is 6.00. The predicted octanol–water partition coefficient (Wildman–Crippen LogP) is 1.87. The van der Waals surface area contributed by atoms with E-state index < -0.39 is 0 Å². The Morgan fingerprint density at radius 1 is 1.18 bits per heavy atom. The molecular formula is C12H20N2O3. The highest BCUT2D eigenvalue weighted by molar-refractivity contribution is 5.33. The van der Waals surface area contributed by atoms with Gasteiger partial charge in [-0.05, 0) is 19.3 Å². The summed E-state index contributed by atoms with van der Waals surface area (Å²) in [6.07, 6.45) is 6.80. The molecule has 0 aliphatic heterocycles. The fourth-order valence-corrected chi connectivity index (χ4v) is 1.39. The highest BCUT2D eigenvalue weighted by atomic mass is 16.5. The van der Waals surface area contributed by atoms with Crippen molar-refractivity contribution in [1.29, 1.82) is 0 Å². The van der Waals surface area contributed by atoms with Gasteiger partial charge in [0, 0.05) is 12.5 Å². The van der Waals surface area contributed by atoms with Crippen molar-refractivity contribution in [3.8, 4) is 0 Å². The molecule has 0 aromatic rings. The SMILES string of the molecule is CCCCOCC(CCCN=C=O)CN=C=O. The lowest BCUT2D eigenvalue weighted by atomic mass is 10.0. The van der Waals surface area contributed by atoms with Gasteiger partial charge in [-0.25, -0.2) is 19.6 Å². The Bertz CT molecular complexity index is 269. The number of unbranched alkanes of at least 4 members (excludes halogenated alkanes) is 1. The summed E-state index contributed by atoms with van der Waals surface area (Å²) in [6.45, 7) is 4.34. The zero-order valence-corrected chi connectivity index (χ0v) is 10.4. The lowest BCUT2D eigenvalue weighted by Crippen LogP contribution is -2.14. The number of hydrogen-bond acceptors (Lipinski definition) is 5. The zero-order chi connectivity index (χ0) is 12.8. The topological polar surface area (TPSA) is 68.1 Å². The van der Waals surface area contributed by atoms with Gasteiger partial charge in [0.1, 0.15) is 0 Å².